The van der Waals surface area contributed by atoms with Gasteiger partial charge in [-0.1, -0.05) is 45.8 Å². The summed E-state index contributed by atoms with van der Waals surface area (Å²) in [7, 11) is 0. The smallest absolute Gasteiger partial charge is 0.387 e. The van der Waals surface area contributed by atoms with E-state index in [0.29, 0.717) is 24.0 Å². The Morgan fingerprint density at radius 1 is 1.20 bits per heavy atom. The minimum absolute atomic E-state index is 0.126. The number of alkyl halides is 2. The lowest BCUT2D eigenvalue weighted by atomic mass is 9.96. The number of benzene rings is 1. The number of anilines is 1. The summed E-state index contributed by atoms with van der Waals surface area (Å²) in [5, 5.41) is 9.66. The van der Waals surface area contributed by atoms with Crippen LogP contribution >= 0.6 is 0 Å². The molecule has 30 heavy (non-hydrogen) atoms. The highest BCUT2D eigenvalue weighted by atomic mass is 19.3. The van der Waals surface area contributed by atoms with Gasteiger partial charge in [-0.05, 0) is 42.9 Å². The summed E-state index contributed by atoms with van der Waals surface area (Å²) in [6.07, 6.45) is 3.76. The number of hydrogen-bond donors (Lipinski definition) is 1. The number of ether oxygens (including phenoxy) is 2. The number of carbonyl (C=O) groups excluding carboxylic acids is 1. The quantitative estimate of drug-likeness (QED) is 0.608. The molecule has 1 saturated carbocycles. The molecule has 0 saturated heterocycles. The number of hydrogen-bond acceptors (Lipinski definition) is 6. The number of halogens is 2. The molecule has 0 atom stereocenters. The van der Waals surface area contributed by atoms with Crippen LogP contribution in [0.15, 0.2) is 22.6 Å². The molecule has 166 valence electrons. The van der Waals surface area contributed by atoms with Crippen LogP contribution in [0, 0.1) is 0 Å². The van der Waals surface area contributed by atoms with Gasteiger partial charge in [-0.25, -0.2) is 0 Å². The van der Waals surface area contributed by atoms with Crippen molar-refractivity contribution in [1.82, 2.24) is 10.2 Å². The van der Waals surface area contributed by atoms with Crippen molar-refractivity contribution in [2.75, 3.05) is 5.32 Å². The Morgan fingerprint density at radius 3 is 2.37 bits per heavy atom. The molecule has 0 bridgehead atoms. The number of nitrogens with one attached hydrogen (secondary N) is 1. The second kappa shape index (κ2) is 10.4. The molecule has 0 spiro atoms. The normalized spacial score (nSPS) is 14.0. The van der Waals surface area contributed by atoms with E-state index < -0.39 is 6.61 Å². The summed E-state index contributed by atoms with van der Waals surface area (Å²) in [5.74, 6) is 1.40. The maximum atomic E-state index is 12.3. The zero-order valence-electron chi connectivity index (χ0n) is 17.9. The SMILES string of the molecule is CC(C)(C)c1nnc(NC=O)o1.CC(C)c1ccc(OC(F)F)c(OC2CCC2)c1. The zero-order valence-corrected chi connectivity index (χ0v) is 17.9. The van der Waals surface area contributed by atoms with Crippen LogP contribution in [0.2, 0.25) is 0 Å². The molecular formula is C21H29F2N3O4. The molecule has 3 rings (SSSR count). The van der Waals surface area contributed by atoms with Crippen molar-refractivity contribution < 1.29 is 27.5 Å². The lowest BCUT2D eigenvalue weighted by molar-refractivity contribution is -0.105. The van der Waals surface area contributed by atoms with E-state index in [1.807, 2.05) is 20.8 Å². The van der Waals surface area contributed by atoms with Gasteiger partial charge < -0.3 is 13.9 Å². The van der Waals surface area contributed by atoms with E-state index in [2.05, 4.69) is 34.1 Å². The van der Waals surface area contributed by atoms with Gasteiger partial charge in [-0.15, -0.1) is 5.10 Å². The largest absolute Gasteiger partial charge is 0.487 e. The molecule has 1 amide bonds. The van der Waals surface area contributed by atoms with Gasteiger partial charge in [0.05, 0.1) is 6.10 Å². The molecule has 7 nitrogen and oxygen atoms in total. The lowest BCUT2D eigenvalue weighted by Crippen LogP contribution is -2.25. The van der Waals surface area contributed by atoms with Crippen molar-refractivity contribution >= 4 is 12.4 Å². The molecule has 1 aromatic carbocycles. The molecule has 1 aliphatic rings. The second-order valence-electron chi connectivity index (χ2n) is 8.33. The van der Waals surface area contributed by atoms with E-state index in [1.165, 1.54) is 0 Å². The minimum atomic E-state index is -2.82. The summed E-state index contributed by atoms with van der Waals surface area (Å²) in [6.45, 7) is 7.13. The van der Waals surface area contributed by atoms with E-state index in [1.54, 1.807) is 18.2 Å². The van der Waals surface area contributed by atoms with Gasteiger partial charge in [0.1, 0.15) is 0 Å². The van der Waals surface area contributed by atoms with Crippen LogP contribution in [0.25, 0.3) is 0 Å². The number of amides is 1. The van der Waals surface area contributed by atoms with Crippen LogP contribution < -0.4 is 14.8 Å². The molecule has 1 N–H and O–H groups in total. The summed E-state index contributed by atoms with van der Waals surface area (Å²) >= 11 is 0. The first kappa shape index (κ1) is 23.6. The van der Waals surface area contributed by atoms with Gasteiger partial charge in [-0.3, -0.25) is 10.1 Å². The Hall–Kier alpha value is -2.71. The standard InChI is InChI=1S/C14H18F2O2.C7H11N3O2/c1-9(2)10-6-7-12(18-14(15)16)13(8-10)17-11-4-3-5-11;1-7(2,3)5-9-10-6(12-5)8-4-11/h6-9,11,14H,3-5H2,1-2H3;4H,1-3H3,(H,8,10,11). The fraction of sp³-hybridized carbons (Fsp3) is 0.571. The predicted molar refractivity (Wildman–Crippen MR) is 108 cm³/mol. The number of nitrogens with zero attached hydrogens (tertiary/aromatic N) is 2. The van der Waals surface area contributed by atoms with Crippen molar-refractivity contribution in [3.05, 3.63) is 29.7 Å². The highest BCUT2D eigenvalue weighted by molar-refractivity contribution is 5.65. The third-order valence-electron chi connectivity index (χ3n) is 4.45. The maximum absolute atomic E-state index is 12.3. The first-order chi connectivity index (χ1) is 14.1. The lowest BCUT2D eigenvalue weighted by Gasteiger charge is -2.27. The predicted octanol–water partition coefficient (Wildman–Crippen LogP) is 5.28. The zero-order chi connectivity index (χ0) is 22.3. The van der Waals surface area contributed by atoms with Crippen LogP contribution in [0.1, 0.15) is 71.3 Å². The van der Waals surface area contributed by atoms with E-state index >= 15 is 0 Å². The van der Waals surface area contributed by atoms with E-state index in [9.17, 15) is 13.6 Å². The van der Waals surface area contributed by atoms with Gasteiger partial charge >= 0.3 is 12.6 Å². The van der Waals surface area contributed by atoms with Crippen molar-refractivity contribution in [3.8, 4) is 11.5 Å². The van der Waals surface area contributed by atoms with Gasteiger partial charge in [0.25, 0.3) is 0 Å². The van der Waals surface area contributed by atoms with Gasteiger partial charge in [-0.2, -0.15) is 8.78 Å². The average Bonchev–Trinajstić information content (AvgIpc) is 3.08. The van der Waals surface area contributed by atoms with Gasteiger partial charge in [0, 0.05) is 5.41 Å². The van der Waals surface area contributed by atoms with Crippen molar-refractivity contribution in [1.29, 1.82) is 0 Å². The molecule has 1 aliphatic carbocycles. The van der Waals surface area contributed by atoms with E-state index in [0.717, 1.165) is 24.8 Å². The highest BCUT2D eigenvalue weighted by Crippen LogP contribution is 2.35. The van der Waals surface area contributed by atoms with Crippen LogP contribution in [0.3, 0.4) is 0 Å². The van der Waals surface area contributed by atoms with E-state index in [4.69, 9.17) is 9.15 Å². The molecule has 9 heteroatoms. The topological polar surface area (TPSA) is 86.5 Å². The first-order valence-electron chi connectivity index (χ1n) is 9.89. The summed E-state index contributed by atoms with van der Waals surface area (Å²) in [5.41, 5.74) is 0.876. The van der Waals surface area contributed by atoms with Crippen LogP contribution in [-0.2, 0) is 10.2 Å². The summed E-state index contributed by atoms with van der Waals surface area (Å²) in [6, 6.07) is 5.31. The number of rotatable bonds is 7. The van der Waals surface area contributed by atoms with E-state index in [-0.39, 0.29) is 23.3 Å². The van der Waals surface area contributed by atoms with Crippen LogP contribution in [0.4, 0.5) is 14.8 Å². The van der Waals surface area contributed by atoms with Crippen LogP contribution in [-0.4, -0.2) is 29.3 Å². The van der Waals surface area contributed by atoms with Crippen molar-refractivity contribution in [2.45, 2.75) is 77.9 Å². The Morgan fingerprint density at radius 2 is 1.90 bits per heavy atom. The third kappa shape index (κ3) is 6.96. The first-order valence-corrected chi connectivity index (χ1v) is 9.89. The molecule has 1 aromatic heterocycles. The highest BCUT2D eigenvalue weighted by Gasteiger charge is 2.22. The summed E-state index contributed by atoms with van der Waals surface area (Å²) in [4.78, 5) is 9.99. The molecule has 2 aromatic rings. The number of aromatic nitrogens is 2. The van der Waals surface area contributed by atoms with Crippen LogP contribution in [0.5, 0.6) is 11.5 Å². The molecule has 0 unspecified atom stereocenters. The molecule has 0 radical (unpaired) electrons. The van der Waals surface area contributed by atoms with Gasteiger partial charge in [0.15, 0.2) is 11.5 Å². The Kier molecular flexibility index (Phi) is 8.14. The average molecular weight is 425 g/mol. The Bertz CT molecular complexity index is 815. The molecule has 1 heterocycles. The Balaban J connectivity index is 0.000000232. The monoisotopic (exact) mass is 425 g/mol. The van der Waals surface area contributed by atoms with Crippen molar-refractivity contribution in [3.63, 3.8) is 0 Å². The summed E-state index contributed by atoms with van der Waals surface area (Å²) < 4.78 is 40.0. The third-order valence-corrected chi connectivity index (χ3v) is 4.45. The second-order valence-corrected chi connectivity index (χ2v) is 8.33. The van der Waals surface area contributed by atoms with Crippen molar-refractivity contribution in [2.24, 2.45) is 0 Å². The van der Waals surface area contributed by atoms with Gasteiger partial charge in [0.2, 0.25) is 12.3 Å². The molecule has 1 fully saturated rings. The fourth-order valence-electron chi connectivity index (χ4n) is 2.47. The molecule has 0 aliphatic heterocycles. The number of carbonyl (C=O) groups is 1. The minimum Gasteiger partial charge on any atom is -0.487 e. The molecular weight excluding hydrogens is 396 g/mol. The maximum Gasteiger partial charge on any atom is 0.387 e. The Labute approximate surface area is 175 Å². The fourth-order valence-corrected chi connectivity index (χ4v) is 2.47.